The first kappa shape index (κ1) is 12.2. The summed E-state index contributed by atoms with van der Waals surface area (Å²) < 4.78 is 5.00. The van der Waals surface area contributed by atoms with Crippen molar-refractivity contribution in [2.45, 2.75) is 44.6 Å². The molecular formula is C11H19NO3. The number of carbonyl (C=O) groups is 2. The number of nitrogens with two attached hydrogens (primary N) is 1. The van der Waals surface area contributed by atoms with Crippen molar-refractivity contribution in [2.75, 3.05) is 6.54 Å². The Labute approximate surface area is 90.2 Å². The third-order valence-electron chi connectivity index (χ3n) is 2.99. The van der Waals surface area contributed by atoms with Crippen molar-refractivity contribution in [3.8, 4) is 0 Å². The van der Waals surface area contributed by atoms with E-state index in [1.807, 2.05) is 0 Å². The first-order valence-corrected chi connectivity index (χ1v) is 5.61. The van der Waals surface area contributed by atoms with E-state index < -0.39 is 0 Å². The molecule has 0 aliphatic heterocycles. The lowest BCUT2D eigenvalue weighted by molar-refractivity contribution is -0.140. The molecule has 0 aromatic heterocycles. The normalized spacial score (nSPS) is 26.7. The van der Waals surface area contributed by atoms with Crippen molar-refractivity contribution in [2.24, 2.45) is 11.7 Å². The lowest BCUT2D eigenvalue weighted by Gasteiger charge is -2.21. The molecule has 1 aliphatic rings. The van der Waals surface area contributed by atoms with Gasteiger partial charge in [0.15, 0.2) is 0 Å². The summed E-state index contributed by atoms with van der Waals surface area (Å²) >= 11 is 0. The van der Waals surface area contributed by atoms with Gasteiger partial charge >= 0.3 is 0 Å². The summed E-state index contributed by atoms with van der Waals surface area (Å²) in [4.78, 5) is 22.1. The average molecular weight is 213 g/mol. The minimum Gasteiger partial charge on any atom is -0.464 e. The summed E-state index contributed by atoms with van der Waals surface area (Å²) in [5, 5.41) is 0. The Bertz CT molecular complexity index is 218. The van der Waals surface area contributed by atoms with Crippen LogP contribution in [-0.2, 0) is 14.3 Å². The second-order valence-corrected chi connectivity index (χ2v) is 4.02. The first-order chi connectivity index (χ1) is 7.29. The van der Waals surface area contributed by atoms with Gasteiger partial charge in [-0.15, -0.1) is 0 Å². The molecular weight excluding hydrogens is 194 g/mol. The maximum Gasteiger partial charge on any atom is 0.293 e. The van der Waals surface area contributed by atoms with Crippen LogP contribution in [-0.4, -0.2) is 24.9 Å². The molecule has 0 saturated heterocycles. The van der Waals surface area contributed by atoms with Crippen molar-refractivity contribution >= 4 is 12.3 Å². The van der Waals surface area contributed by atoms with Gasteiger partial charge in [-0.25, -0.2) is 0 Å². The topological polar surface area (TPSA) is 69.4 Å². The van der Waals surface area contributed by atoms with Crippen LogP contribution in [0.5, 0.6) is 0 Å². The molecule has 86 valence electrons. The van der Waals surface area contributed by atoms with Gasteiger partial charge < -0.3 is 10.5 Å². The number of rotatable bonds is 5. The van der Waals surface area contributed by atoms with E-state index in [4.69, 9.17) is 10.5 Å². The van der Waals surface area contributed by atoms with Crippen molar-refractivity contribution < 1.29 is 14.3 Å². The molecule has 2 N–H and O–H groups in total. The lowest BCUT2D eigenvalue weighted by atomic mass is 9.91. The maximum atomic E-state index is 11.8. The van der Waals surface area contributed by atoms with Gasteiger partial charge in [-0.1, -0.05) is 12.8 Å². The molecule has 1 saturated carbocycles. The number of hydrogen-bond acceptors (Lipinski definition) is 4. The highest BCUT2D eigenvalue weighted by atomic mass is 16.5. The Balaban J connectivity index is 2.60. The fourth-order valence-corrected chi connectivity index (χ4v) is 2.20. The van der Waals surface area contributed by atoms with Crippen LogP contribution < -0.4 is 5.73 Å². The quantitative estimate of drug-likeness (QED) is 0.547. The summed E-state index contributed by atoms with van der Waals surface area (Å²) in [6, 6.07) is 0. The fraction of sp³-hybridized carbons (Fsp3) is 0.818. The fourth-order valence-electron chi connectivity index (χ4n) is 2.20. The first-order valence-electron chi connectivity index (χ1n) is 5.61. The average Bonchev–Trinajstić information content (AvgIpc) is 2.44. The van der Waals surface area contributed by atoms with Crippen LogP contribution in [0.3, 0.4) is 0 Å². The van der Waals surface area contributed by atoms with Gasteiger partial charge in [0.05, 0.1) is 5.92 Å². The van der Waals surface area contributed by atoms with Gasteiger partial charge in [-0.05, 0) is 25.8 Å². The molecule has 0 spiro atoms. The Morgan fingerprint density at radius 1 is 1.33 bits per heavy atom. The number of hydrogen-bond donors (Lipinski definition) is 1. The Morgan fingerprint density at radius 2 is 2.07 bits per heavy atom. The standard InChI is InChI=1S/C11H19NO3/c12-7-6-10(14)9-4-2-1-3-5-11(9)15-8-13/h8-9,11H,1-7,12H2. The minimum atomic E-state index is -0.218. The zero-order chi connectivity index (χ0) is 11.1. The second-order valence-electron chi connectivity index (χ2n) is 4.02. The molecule has 0 aromatic rings. The smallest absolute Gasteiger partial charge is 0.293 e. The van der Waals surface area contributed by atoms with Gasteiger partial charge in [0.1, 0.15) is 11.9 Å². The molecule has 0 amide bonds. The van der Waals surface area contributed by atoms with Crippen LogP contribution in [0.15, 0.2) is 0 Å². The van der Waals surface area contributed by atoms with Gasteiger partial charge in [-0.2, -0.15) is 0 Å². The van der Waals surface area contributed by atoms with E-state index in [1.54, 1.807) is 0 Å². The zero-order valence-corrected chi connectivity index (χ0v) is 8.98. The predicted octanol–water partition coefficient (Wildman–Crippen LogP) is 1.03. The highest BCUT2D eigenvalue weighted by Crippen LogP contribution is 2.26. The van der Waals surface area contributed by atoms with E-state index in [0.29, 0.717) is 19.4 Å². The van der Waals surface area contributed by atoms with Crippen molar-refractivity contribution in [1.29, 1.82) is 0 Å². The van der Waals surface area contributed by atoms with E-state index >= 15 is 0 Å². The van der Waals surface area contributed by atoms with Gasteiger partial charge in [-0.3, -0.25) is 9.59 Å². The highest BCUT2D eigenvalue weighted by Gasteiger charge is 2.30. The summed E-state index contributed by atoms with van der Waals surface area (Å²) in [5.74, 6) is 0.0208. The van der Waals surface area contributed by atoms with E-state index in [1.165, 1.54) is 0 Å². The molecule has 0 aromatic carbocycles. The molecule has 0 radical (unpaired) electrons. The number of ketones is 1. The summed E-state index contributed by atoms with van der Waals surface area (Å²) in [6.45, 7) is 0.835. The third kappa shape index (κ3) is 3.63. The molecule has 15 heavy (non-hydrogen) atoms. The number of Topliss-reactive ketones (excluding diaryl/α,β-unsaturated/α-hetero) is 1. The van der Waals surface area contributed by atoms with Crippen LogP contribution in [0.25, 0.3) is 0 Å². The molecule has 4 heteroatoms. The maximum absolute atomic E-state index is 11.8. The van der Waals surface area contributed by atoms with Gasteiger partial charge in [0.2, 0.25) is 0 Å². The van der Waals surface area contributed by atoms with Crippen molar-refractivity contribution in [3.05, 3.63) is 0 Å². The molecule has 1 rings (SSSR count). The van der Waals surface area contributed by atoms with Crippen LogP contribution in [0.4, 0.5) is 0 Å². The Kier molecular flexibility index (Phi) is 5.32. The molecule has 1 aliphatic carbocycles. The summed E-state index contributed by atoms with van der Waals surface area (Å²) in [6.07, 6.45) is 5.00. The van der Waals surface area contributed by atoms with Gasteiger partial charge in [0.25, 0.3) is 6.47 Å². The monoisotopic (exact) mass is 213 g/mol. The highest BCUT2D eigenvalue weighted by molar-refractivity contribution is 5.81. The van der Waals surface area contributed by atoms with Crippen LogP contribution in [0.2, 0.25) is 0 Å². The number of carbonyl (C=O) groups excluding carboxylic acids is 2. The van der Waals surface area contributed by atoms with Crippen molar-refractivity contribution in [3.63, 3.8) is 0 Å². The Hall–Kier alpha value is -0.900. The van der Waals surface area contributed by atoms with Crippen LogP contribution >= 0.6 is 0 Å². The lowest BCUT2D eigenvalue weighted by Crippen LogP contribution is -2.30. The SMILES string of the molecule is NCCC(=O)C1CCCCCC1OC=O. The minimum absolute atomic E-state index is 0.124. The third-order valence-corrected chi connectivity index (χ3v) is 2.99. The summed E-state index contributed by atoms with van der Waals surface area (Å²) in [5.41, 5.74) is 5.36. The van der Waals surface area contributed by atoms with Crippen molar-refractivity contribution in [1.82, 2.24) is 0 Å². The molecule has 2 atom stereocenters. The molecule has 2 unspecified atom stereocenters. The Morgan fingerprint density at radius 3 is 2.73 bits per heavy atom. The number of ether oxygens (including phenoxy) is 1. The van der Waals surface area contributed by atoms with E-state index in [2.05, 4.69) is 0 Å². The van der Waals surface area contributed by atoms with E-state index in [9.17, 15) is 9.59 Å². The molecule has 1 fully saturated rings. The molecule has 0 bridgehead atoms. The largest absolute Gasteiger partial charge is 0.464 e. The van der Waals surface area contributed by atoms with E-state index in [0.717, 1.165) is 32.1 Å². The zero-order valence-electron chi connectivity index (χ0n) is 8.98. The molecule has 0 heterocycles. The summed E-state index contributed by atoms with van der Waals surface area (Å²) in [7, 11) is 0. The van der Waals surface area contributed by atoms with Gasteiger partial charge in [0, 0.05) is 6.42 Å². The van der Waals surface area contributed by atoms with Crippen LogP contribution in [0, 0.1) is 5.92 Å². The second kappa shape index (κ2) is 6.56. The van der Waals surface area contributed by atoms with E-state index in [-0.39, 0.29) is 17.8 Å². The molecule has 4 nitrogen and oxygen atoms in total. The predicted molar refractivity (Wildman–Crippen MR) is 56.2 cm³/mol. The van der Waals surface area contributed by atoms with Crippen LogP contribution in [0.1, 0.15) is 38.5 Å².